The monoisotopic (exact) mass is 417 g/mol. The van der Waals surface area contributed by atoms with Gasteiger partial charge in [-0.2, -0.15) is 4.98 Å². The van der Waals surface area contributed by atoms with E-state index in [1.54, 1.807) is 30.3 Å². The number of carbonyl (C=O) groups is 1. The average Bonchev–Trinajstić information content (AvgIpc) is 3.17. The van der Waals surface area contributed by atoms with Crippen LogP contribution in [0.5, 0.6) is 0 Å². The Bertz CT molecular complexity index is 987. The first-order valence-electron chi connectivity index (χ1n) is 9.06. The van der Waals surface area contributed by atoms with Gasteiger partial charge in [0.1, 0.15) is 6.04 Å². The summed E-state index contributed by atoms with van der Waals surface area (Å²) in [6.45, 7) is 5.98. The van der Waals surface area contributed by atoms with Crippen molar-refractivity contribution in [2.45, 2.75) is 33.2 Å². The molecule has 3 rings (SSSR count). The molecule has 2 unspecified atom stereocenters. The number of amides is 1. The lowest BCUT2D eigenvalue weighted by Crippen LogP contribution is -2.33. The van der Waals surface area contributed by atoms with Gasteiger partial charge >= 0.3 is 0 Å². The minimum atomic E-state index is -0.434. The molecule has 5 nitrogen and oxygen atoms in total. The number of carbonyl (C=O) groups excluding carboxylic acids is 1. The fourth-order valence-electron chi connectivity index (χ4n) is 2.76. The number of aryl methyl sites for hydroxylation is 1. The first-order chi connectivity index (χ1) is 13.4. The molecule has 0 radical (unpaired) electrons. The van der Waals surface area contributed by atoms with Crippen molar-refractivity contribution in [2.24, 2.45) is 5.92 Å². The van der Waals surface area contributed by atoms with E-state index in [1.165, 1.54) is 0 Å². The first kappa shape index (κ1) is 20.4. The summed E-state index contributed by atoms with van der Waals surface area (Å²) in [4.78, 5) is 17.2. The van der Waals surface area contributed by atoms with Gasteiger partial charge < -0.3 is 9.84 Å². The number of benzene rings is 2. The summed E-state index contributed by atoms with van der Waals surface area (Å²) >= 11 is 12.4. The Kier molecular flexibility index (Phi) is 6.37. The highest BCUT2D eigenvalue weighted by molar-refractivity contribution is 6.33. The number of rotatable bonds is 6. The van der Waals surface area contributed by atoms with Crippen LogP contribution in [0.2, 0.25) is 10.0 Å². The molecule has 0 aliphatic heterocycles. The molecule has 2 atom stereocenters. The first-order valence-corrected chi connectivity index (χ1v) is 9.81. The molecule has 1 aromatic heterocycles. The van der Waals surface area contributed by atoms with Crippen LogP contribution in [0.4, 0.5) is 0 Å². The van der Waals surface area contributed by atoms with Gasteiger partial charge in [0.2, 0.25) is 11.7 Å². The van der Waals surface area contributed by atoms with Crippen molar-refractivity contribution >= 4 is 29.1 Å². The molecule has 0 saturated heterocycles. The highest BCUT2D eigenvalue weighted by atomic mass is 35.5. The molecule has 1 heterocycles. The zero-order valence-electron chi connectivity index (χ0n) is 15.9. The Morgan fingerprint density at radius 3 is 2.61 bits per heavy atom. The molecule has 7 heteroatoms. The molecule has 146 valence electrons. The molecule has 0 aliphatic rings. The Morgan fingerprint density at radius 2 is 1.93 bits per heavy atom. The van der Waals surface area contributed by atoms with Crippen molar-refractivity contribution < 1.29 is 9.32 Å². The number of halogens is 2. The SMILES string of the molecule is CCC(C)C(NC(=O)c1ccccc1Cl)c1nc(-c2ccc(C)c(Cl)c2)no1. The third-order valence-corrected chi connectivity index (χ3v) is 5.49. The second kappa shape index (κ2) is 8.76. The van der Waals surface area contributed by atoms with E-state index in [4.69, 9.17) is 27.7 Å². The van der Waals surface area contributed by atoms with Gasteiger partial charge in [-0.15, -0.1) is 0 Å². The van der Waals surface area contributed by atoms with Crippen LogP contribution in [-0.4, -0.2) is 16.0 Å². The van der Waals surface area contributed by atoms with Crippen LogP contribution in [0.25, 0.3) is 11.4 Å². The van der Waals surface area contributed by atoms with Crippen molar-refractivity contribution in [3.05, 3.63) is 69.5 Å². The van der Waals surface area contributed by atoms with E-state index in [2.05, 4.69) is 15.5 Å². The van der Waals surface area contributed by atoms with E-state index in [0.717, 1.165) is 17.5 Å². The topological polar surface area (TPSA) is 68.0 Å². The van der Waals surface area contributed by atoms with Crippen LogP contribution >= 0.6 is 23.2 Å². The summed E-state index contributed by atoms with van der Waals surface area (Å²) in [6, 6.07) is 12.1. The summed E-state index contributed by atoms with van der Waals surface area (Å²) in [7, 11) is 0. The minimum Gasteiger partial charge on any atom is -0.340 e. The molecule has 2 aromatic carbocycles. The zero-order valence-corrected chi connectivity index (χ0v) is 17.4. The zero-order chi connectivity index (χ0) is 20.3. The van der Waals surface area contributed by atoms with Crippen molar-refractivity contribution in [1.29, 1.82) is 0 Å². The van der Waals surface area contributed by atoms with Crippen LogP contribution in [0.1, 0.15) is 48.1 Å². The second-order valence-electron chi connectivity index (χ2n) is 6.74. The van der Waals surface area contributed by atoms with Gasteiger partial charge in [-0.05, 0) is 36.6 Å². The maximum Gasteiger partial charge on any atom is 0.253 e. The maximum atomic E-state index is 12.7. The third-order valence-electron chi connectivity index (χ3n) is 4.76. The smallest absolute Gasteiger partial charge is 0.253 e. The van der Waals surface area contributed by atoms with Gasteiger partial charge in [0, 0.05) is 10.6 Å². The molecule has 3 aromatic rings. The summed E-state index contributed by atoms with van der Waals surface area (Å²) < 4.78 is 5.49. The lowest BCUT2D eigenvalue weighted by atomic mass is 9.98. The third kappa shape index (κ3) is 4.37. The standard InChI is InChI=1S/C21H21Cl2N3O2/c1-4-12(2)18(24-20(27)15-7-5-6-8-16(15)22)21-25-19(26-28-21)14-10-9-13(3)17(23)11-14/h5-12,18H,4H2,1-3H3,(H,24,27). The van der Waals surface area contributed by atoms with Crippen LogP contribution in [-0.2, 0) is 0 Å². The van der Waals surface area contributed by atoms with E-state index in [9.17, 15) is 4.79 Å². The molecule has 0 aliphatic carbocycles. The lowest BCUT2D eigenvalue weighted by Gasteiger charge is -2.21. The van der Waals surface area contributed by atoms with E-state index in [-0.39, 0.29) is 11.8 Å². The quantitative estimate of drug-likeness (QED) is 0.544. The highest BCUT2D eigenvalue weighted by Crippen LogP contribution is 2.28. The Hall–Kier alpha value is -2.37. The number of hydrogen-bond donors (Lipinski definition) is 1. The van der Waals surface area contributed by atoms with Crippen LogP contribution in [0.3, 0.4) is 0 Å². The van der Waals surface area contributed by atoms with E-state index in [1.807, 2.05) is 32.9 Å². The van der Waals surface area contributed by atoms with Gasteiger partial charge in [0.25, 0.3) is 5.91 Å². The van der Waals surface area contributed by atoms with Crippen LogP contribution in [0, 0.1) is 12.8 Å². The molecule has 28 heavy (non-hydrogen) atoms. The summed E-state index contributed by atoms with van der Waals surface area (Å²) in [6.07, 6.45) is 0.821. The fraction of sp³-hybridized carbons (Fsp3) is 0.286. The highest BCUT2D eigenvalue weighted by Gasteiger charge is 2.27. The van der Waals surface area contributed by atoms with E-state index in [0.29, 0.717) is 27.3 Å². The minimum absolute atomic E-state index is 0.0846. The summed E-state index contributed by atoms with van der Waals surface area (Å²) in [5.41, 5.74) is 2.13. The van der Waals surface area contributed by atoms with E-state index >= 15 is 0 Å². The fourth-order valence-corrected chi connectivity index (χ4v) is 3.16. The number of aromatic nitrogens is 2. The summed E-state index contributed by atoms with van der Waals surface area (Å²) in [5.74, 6) is 0.578. The summed E-state index contributed by atoms with van der Waals surface area (Å²) in [5, 5.41) is 8.08. The number of nitrogens with zero attached hydrogens (tertiary/aromatic N) is 2. The molecule has 0 saturated carbocycles. The molecule has 0 spiro atoms. The Labute approximate surface area is 174 Å². The van der Waals surface area contributed by atoms with Gasteiger partial charge in [-0.25, -0.2) is 0 Å². The van der Waals surface area contributed by atoms with Gasteiger partial charge in [0.15, 0.2) is 0 Å². The molecule has 1 amide bonds. The normalized spacial score (nSPS) is 13.2. The Morgan fingerprint density at radius 1 is 1.18 bits per heavy atom. The lowest BCUT2D eigenvalue weighted by molar-refractivity contribution is 0.0910. The molecular formula is C21H21Cl2N3O2. The maximum absolute atomic E-state index is 12.7. The molecule has 1 N–H and O–H groups in total. The Balaban J connectivity index is 1.88. The van der Waals surface area contributed by atoms with Gasteiger partial charge in [0.05, 0.1) is 10.6 Å². The molecular weight excluding hydrogens is 397 g/mol. The largest absolute Gasteiger partial charge is 0.340 e. The van der Waals surface area contributed by atoms with Gasteiger partial charge in [-0.1, -0.05) is 72.9 Å². The van der Waals surface area contributed by atoms with Crippen LogP contribution in [0.15, 0.2) is 47.0 Å². The number of hydrogen-bond acceptors (Lipinski definition) is 4. The number of nitrogens with one attached hydrogen (secondary N) is 1. The van der Waals surface area contributed by atoms with Crippen molar-refractivity contribution in [3.63, 3.8) is 0 Å². The predicted octanol–water partition coefficient (Wildman–Crippen LogP) is 5.87. The van der Waals surface area contributed by atoms with Crippen molar-refractivity contribution in [2.75, 3.05) is 0 Å². The van der Waals surface area contributed by atoms with Crippen LogP contribution < -0.4 is 5.32 Å². The predicted molar refractivity (Wildman–Crippen MR) is 111 cm³/mol. The average molecular weight is 418 g/mol. The van der Waals surface area contributed by atoms with Gasteiger partial charge in [-0.3, -0.25) is 4.79 Å². The van der Waals surface area contributed by atoms with Crippen molar-refractivity contribution in [3.8, 4) is 11.4 Å². The molecule has 0 bridgehead atoms. The second-order valence-corrected chi connectivity index (χ2v) is 7.55. The molecule has 0 fully saturated rings. The van der Waals surface area contributed by atoms with E-state index < -0.39 is 6.04 Å². The van der Waals surface area contributed by atoms with Crippen molar-refractivity contribution in [1.82, 2.24) is 15.5 Å².